The zero-order valence-electron chi connectivity index (χ0n) is 11.1. The number of aliphatic hydroxyl groups is 1. The Hall–Kier alpha value is -2.68. The number of benzene rings is 1. The van der Waals surface area contributed by atoms with Crippen molar-refractivity contribution in [2.45, 2.75) is 19.1 Å². The second-order valence-corrected chi connectivity index (χ2v) is 4.16. The predicted molar refractivity (Wildman–Crippen MR) is 69.8 cm³/mol. The number of rotatable bonds is 7. The number of carbonyl (C=O) groups is 2. The first-order valence-corrected chi connectivity index (χ1v) is 5.88. The number of amides is 1. The number of hydrogen-bond donors (Lipinski definition) is 3. The van der Waals surface area contributed by atoms with Crippen LogP contribution in [0.1, 0.15) is 6.92 Å². The molecular weight excluding hydrogens is 284 g/mol. The van der Waals surface area contributed by atoms with Crippen LogP contribution in [0.3, 0.4) is 0 Å². The second-order valence-electron chi connectivity index (χ2n) is 4.16. The van der Waals surface area contributed by atoms with Gasteiger partial charge in [-0.25, -0.2) is 4.79 Å². The van der Waals surface area contributed by atoms with Gasteiger partial charge < -0.3 is 20.3 Å². The number of carbonyl (C=O) groups excluding carboxylic acids is 1. The van der Waals surface area contributed by atoms with Crippen molar-refractivity contribution in [1.29, 1.82) is 0 Å². The van der Waals surface area contributed by atoms with E-state index < -0.39 is 35.6 Å². The minimum atomic E-state index is -1.43. The van der Waals surface area contributed by atoms with Crippen molar-refractivity contribution < 1.29 is 29.5 Å². The summed E-state index contributed by atoms with van der Waals surface area (Å²) >= 11 is 0. The number of aliphatic carboxylic acids is 1. The number of hydrogen-bond acceptors (Lipinski definition) is 6. The number of carboxylic acids is 1. The van der Waals surface area contributed by atoms with E-state index in [1.165, 1.54) is 31.2 Å². The number of nitrogens with one attached hydrogen (secondary N) is 1. The van der Waals surface area contributed by atoms with Crippen LogP contribution in [-0.2, 0) is 9.59 Å². The first kappa shape index (κ1) is 16.4. The number of ether oxygens (including phenoxy) is 1. The summed E-state index contributed by atoms with van der Waals surface area (Å²) in [6.45, 7) is 0.755. The van der Waals surface area contributed by atoms with E-state index >= 15 is 0 Å². The maximum Gasteiger partial charge on any atom is 0.328 e. The van der Waals surface area contributed by atoms with Gasteiger partial charge in [-0.2, -0.15) is 0 Å². The number of carboxylic acid groups (broad SMARTS) is 1. The first-order chi connectivity index (χ1) is 9.81. The van der Waals surface area contributed by atoms with Crippen molar-refractivity contribution in [3.8, 4) is 5.75 Å². The molecule has 21 heavy (non-hydrogen) atoms. The molecule has 0 radical (unpaired) electrons. The van der Waals surface area contributed by atoms with Crippen LogP contribution >= 0.6 is 0 Å². The van der Waals surface area contributed by atoms with Gasteiger partial charge in [0.2, 0.25) is 0 Å². The van der Waals surface area contributed by atoms with Gasteiger partial charge in [-0.05, 0) is 19.1 Å². The lowest BCUT2D eigenvalue weighted by atomic mass is 10.2. The normalized spacial score (nSPS) is 13.0. The Morgan fingerprint density at radius 2 is 1.95 bits per heavy atom. The smallest absolute Gasteiger partial charge is 0.328 e. The number of nitrogens with zero attached hydrogens (tertiary/aromatic N) is 1. The monoisotopic (exact) mass is 298 g/mol. The fraction of sp³-hybridized carbons (Fsp3) is 0.333. The van der Waals surface area contributed by atoms with E-state index in [-0.39, 0.29) is 11.4 Å². The van der Waals surface area contributed by atoms with Crippen molar-refractivity contribution >= 4 is 17.6 Å². The highest BCUT2D eigenvalue weighted by Gasteiger charge is 2.24. The first-order valence-electron chi connectivity index (χ1n) is 5.88. The molecule has 0 aliphatic carbocycles. The SMILES string of the molecule is CC(O)C(NC(=O)COc1ccc([N+](=O)[O-])cc1)C(=O)O. The van der Waals surface area contributed by atoms with Crippen molar-refractivity contribution in [1.82, 2.24) is 5.32 Å². The van der Waals surface area contributed by atoms with Gasteiger partial charge in [0, 0.05) is 12.1 Å². The van der Waals surface area contributed by atoms with Gasteiger partial charge in [0.25, 0.3) is 11.6 Å². The van der Waals surface area contributed by atoms with Crippen molar-refractivity contribution in [3.05, 3.63) is 34.4 Å². The van der Waals surface area contributed by atoms with Gasteiger partial charge in [-0.15, -0.1) is 0 Å². The van der Waals surface area contributed by atoms with Gasteiger partial charge in [-0.3, -0.25) is 14.9 Å². The topological polar surface area (TPSA) is 139 Å². The molecule has 2 unspecified atom stereocenters. The minimum absolute atomic E-state index is 0.119. The molecule has 0 heterocycles. The fourth-order valence-corrected chi connectivity index (χ4v) is 1.42. The number of non-ortho nitro benzene ring substituents is 1. The Bertz CT molecular complexity index is 527. The molecule has 114 valence electrons. The van der Waals surface area contributed by atoms with Crippen LogP contribution in [0.2, 0.25) is 0 Å². The molecule has 1 aromatic rings. The van der Waals surface area contributed by atoms with Gasteiger partial charge in [0.05, 0.1) is 11.0 Å². The minimum Gasteiger partial charge on any atom is -0.484 e. The maximum absolute atomic E-state index is 11.5. The van der Waals surface area contributed by atoms with E-state index in [9.17, 15) is 24.8 Å². The van der Waals surface area contributed by atoms with Crippen LogP contribution in [0.5, 0.6) is 5.75 Å². The molecule has 0 fully saturated rings. The summed E-state index contributed by atoms with van der Waals surface area (Å²) in [5, 5.41) is 30.5. The third-order valence-corrected chi connectivity index (χ3v) is 2.48. The number of nitro groups is 1. The van der Waals surface area contributed by atoms with E-state index in [0.29, 0.717) is 0 Å². The largest absolute Gasteiger partial charge is 0.484 e. The molecule has 0 bridgehead atoms. The van der Waals surface area contributed by atoms with Crippen molar-refractivity contribution in [2.24, 2.45) is 0 Å². The van der Waals surface area contributed by atoms with E-state index in [0.717, 1.165) is 0 Å². The zero-order chi connectivity index (χ0) is 16.0. The third-order valence-electron chi connectivity index (χ3n) is 2.48. The summed E-state index contributed by atoms with van der Waals surface area (Å²) in [4.78, 5) is 32.1. The number of nitro benzene ring substituents is 1. The molecule has 1 rings (SSSR count). The van der Waals surface area contributed by atoms with E-state index in [1.807, 2.05) is 0 Å². The van der Waals surface area contributed by atoms with Crippen LogP contribution in [0.15, 0.2) is 24.3 Å². The lowest BCUT2D eigenvalue weighted by molar-refractivity contribution is -0.384. The highest BCUT2D eigenvalue weighted by molar-refractivity contribution is 5.84. The molecule has 3 N–H and O–H groups in total. The Morgan fingerprint density at radius 1 is 1.38 bits per heavy atom. The maximum atomic E-state index is 11.5. The standard InChI is InChI=1S/C12H14N2O7/c1-7(15)11(12(17)18)13-10(16)6-21-9-4-2-8(3-5-9)14(19)20/h2-5,7,11,15H,6H2,1H3,(H,13,16)(H,17,18). The van der Waals surface area contributed by atoms with Gasteiger partial charge >= 0.3 is 5.97 Å². The molecule has 0 saturated heterocycles. The van der Waals surface area contributed by atoms with Crippen LogP contribution in [0.4, 0.5) is 5.69 Å². The van der Waals surface area contributed by atoms with Crippen LogP contribution in [0, 0.1) is 10.1 Å². The summed E-state index contributed by atoms with van der Waals surface area (Å²) in [7, 11) is 0. The molecule has 0 saturated carbocycles. The van der Waals surface area contributed by atoms with Crippen LogP contribution < -0.4 is 10.1 Å². The number of aliphatic hydroxyl groups excluding tert-OH is 1. The molecule has 2 atom stereocenters. The average molecular weight is 298 g/mol. The Labute approximate surface area is 119 Å². The Morgan fingerprint density at radius 3 is 2.38 bits per heavy atom. The summed E-state index contributed by atoms with van der Waals surface area (Å²) in [5.74, 6) is -1.88. The molecule has 0 aliphatic rings. The van der Waals surface area contributed by atoms with E-state index in [4.69, 9.17) is 9.84 Å². The molecular formula is C12H14N2O7. The van der Waals surface area contributed by atoms with Crippen molar-refractivity contribution in [3.63, 3.8) is 0 Å². The molecule has 1 aromatic carbocycles. The fourth-order valence-electron chi connectivity index (χ4n) is 1.42. The van der Waals surface area contributed by atoms with Gasteiger partial charge in [-0.1, -0.05) is 0 Å². The van der Waals surface area contributed by atoms with Crippen LogP contribution in [-0.4, -0.2) is 45.8 Å². The van der Waals surface area contributed by atoms with Gasteiger partial charge in [0.15, 0.2) is 12.6 Å². The highest BCUT2D eigenvalue weighted by Crippen LogP contribution is 2.17. The second kappa shape index (κ2) is 7.20. The predicted octanol–water partition coefficient (Wildman–Crippen LogP) is -0.0762. The van der Waals surface area contributed by atoms with Crippen molar-refractivity contribution in [2.75, 3.05) is 6.61 Å². The molecule has 9 heteroatoms. The van der Waals surface area contributed by atoms with E-state index in [1.54, 1.807) is 0 Å². The van der Waals surface area contributed by atoms with E-state index in [2.05, 4.69) is 5.32 Å². The Balaban J connectivity index is 2.52. The van der Waals surface area contributed by atoms with Gasteiger partial charge in [0.1, 0.15) is 5.75 Å². The summed E-state index contributed by atoms with van der Waals surface area (Å²) in [6.07, 6.45) is -1.26. The molecule has 0 aromatic heterocycles. The summed E-state index contributed by atoms with van der Waals surface area (Å²) in [6, 6.07) is 3.62. The average Bonchev–Trinajstić information content (AvgIpc) is 2.42. The quantitative estimate of drug-likeness (QED) is 0.472. The lowest BCUT2D eigenvalue weighted by Gasteiger charge is -2.17. The van der Waals surface area contributed by atoms with Crippen LogP contribution in [0.25, 0.3) is 0 Å². The molecule has 9 nitrogen and oxygen atoms in total. The summed E-state index contributed by atoms with van der Waals surface area (Å²) in [5.41, 5.74) is -0.119. The summed E-state index contributed by atoms with van der Waals surface area (Å²) < 4.78 is 5.05. The molecule has 0 aliphatic heterocycles. The molecule has 0 spiro atoms. The third kappa shape index (κ3) is 5.07. The lowest BCUT2D eigenvalue weighted by Crippen LogP contribution is -2.49. The molecule has 1 amide bonds. The Kier molecular flexibility index (Phi) is 5.61. The highest BCUT2D eigenvalue weighted by atomic mass is 16.6. The zero-order valence-corrected chi connectivity index (χ0v) is 11.1.